The van der Waals surface area contributed by atoms with Gasteiger partial charge < -0.3 is 9.72 Å². The van der Waals surface area contributed by atoms with Crippen molar-refractivity contribution in [2.75, 3.05) is 0 Å². The van der Waals surface area contributed by atoms with Crippen molar-refractivity contribution in [3.63, 3.8) is 0 Å². The minimum Gasteiger partial charge on any atom is -0.348 e. The van der Waals surface area contributed by atoms with Crippen LogP contribution in [0.5, 0.6) is 0 Å². The van der Waals surface area contributed by atoms with Gasteiger partial charge in [-0.1, -0.05) is 6.07 Å². The van der Waals surface area contributed by atoms with E-state index in [2.05, 4.69) is 15.3 Å². The topological polar surface area (TPSA) is 59.3 Å². The number of pyridine rings is 2. The molecule has 0 atom stereocenters. The Balaban J connectivity index is 1.70. The van der Waals surface area contributed by atoms with E-state index in [1.165, 1.54) is 0 Å². The second-order valence-corrected chi connectivity index (χ2v) is 4.15. The fourth-order valence-corrected chi connectivity index (χ4v) is 1.85. The molecule has 0 radical (unpaired) electrons. The Morgan fingerprint density at radius 3 is 3.05 bits per heavy atom. The van der Waals surface area contributed by atoms with Crippen LogP contribution in [0.1, 0.15) is 15.9 Å². The average Bonchev–Trinajstić information content (AvgIpc) is 2.93. The summed E-state index contributed by atoms with van der Waals surface area (Å²) in [6.07, 6.45) is 8.76. The summed E-state index contributed by atoms with van der Waals surface area (Å²) in [5.41, 5.74) is 2.47. The number of carbonyl (C=O) groups excluding carboxylic acids is 1. The summed E-state index contributed by atoms with van der Waals surface area (Å²) in [6.45, 7) is 0.474. The predicted octanol–water partition coefficient (Wildman–Crippen LogP) is 1.66. The highest BCUT2D eigenvalue weighted by Gasteiger charge is 2.04. The molecule has 0 aromatic carbocycles. The largest absolute Gasteiger partial charge is 0.348 e. The maximum Gasteiger partial charge on any atom is 0.253 e. The molecule has 0 aliphatic rings. The Bertz CT molecular complexity index is 706. The number of amides is 1. The molecular formula is C14H12N4O. The van der Waals surface area contributed by atoms with Crippen LogP contribution in [-0.2, 0) is 6.54 Å². The van der Waals surface area contributed by atoms with E-state index in [1.54, 1.807) is 30.7 Å². The first-order valence-electron chi connectivity index (χ1n) is 5.93. The summed E-state index contributed by atoms with van der Waals surface area (Å²) in [5, 5.41) is 2.86. The summed E-state index contributed by atoms with van der Waals surface area (Å²) >= 11 is 0. The zero-order valence-corrected chi connectivity index (χ0v) is 10.2. The van der Waals surface area contributed by atoms with Gasteiger partial charge in [0.2, 0.25) is 0 Å². The zero-order chi connectivity index (χ0) is 13.1. The third-order valence-corrected chi connectivity index (χ3v) is 2.83. The molecule has 1 amide bonds. The Morgan fingerprint density at radius 2 is 2.21 bits per heavy atom. The van der Waals surface area contributed by atoms with Crippen molar-refractivity contribution in [2.45, 2.75) is 6.54 Å². The minimum atomic E-state index is -0.126. The molecule has 5 heteroatoms. The Hall–Kier alpha value is -2.69. The van der Waals surface area contributed by atoms with E-state index in [9.17, 15) is 4.79 Å². The third kappa shape index (κ3) is 2.44. The molecule has 0 unspecified atom stereocenters. The van der Waals surface area contributed by atoms with Gasteiger partial charge in [-0.05, 0) is 23.8 Å². The zero-order valence-electron chi connectivity index (χ0n) is 10.2. The van der Waals surface area contributed by atoms with Crippen LogP contribution in [-0.4, -0.2) is 20.3 Å². The number of hydrogen-bond donors (Lipinski definition) is 1. The van der Waals surface area contributed by atoms with Gasteiger partial charge in [-0.2, -0.15) is 0 Å². The highest BCUT2D eigenvalue weighted by Crippen LogP contribution is 2.05. The van der Waals surface area contributed by atoms with Crippen molar-refractivity contribution in [3.8, 4) is 0 Å². The van der Waals surface area contributed by atoms with Crippen molar-refractivity contribution < 1.29 is 4.79 Å². The first-order chi connectivity index (χ1) is 9.33. The van der Waals surface area contributed by atoms with Crippen molar-refractivity contribution in [1.82, 2.24) is 19.7 Å². The molecule has 3 aromatic rings. The molecule has 5 nitrogen and oxygen atoms in total. The first-order valence-corrected chi connectivity index (χ1v) is 5.93. The third-order valence-electron chi connectivity index (χ3n) is 2.83. The highest BCUT2D eigenvalue weighted by molar-refractivity contribution is 5.93. The Labute approximate surface area is 109 Å². The molecule has 0 spiro atoms. The summed E-state index contributed by atoms with van der Waals surface area (Å²) < 4.78 is 1.92. The van der Waals surface area contributed by atoms with E-state index in [-0.39, 0.29) is 5.91 Å². The quantitative estimate of drug-likeness (QED) is 0.771. The molecule has 19 heavy (non-hydrogen) atoms. The van der Waals surface area contributed by atoms with E-state index in [0.29, 0.717) is 12.1 Å². The lowest BCUT2D eigenvalue weighted by Gasteiger charge is -2.05. The van der Waals surface area contributed by atoms with Crippen LogP contribution in [0.25, 0.3) is 5.65 Å². The monoisotopic (exact) mass is 252 g/mol. The van der Waals surface area contributed by atoms with Gasteiger partial charge in [0, 0.05) is 37.5 Å². The fraction of sp³-hybridized carbons (Fsp3) is 0.0714. The maximum absolute atomic E-state index is 11.9. The maximum atomic E-state index is 11.9. The Kier molecular flexibility index (Phi) is 2.94. The van der Waals surface area contributed by atoms with Gasteiger partial charge in [0.15, 0.2) is 0 Å². The van der Waals surface area contributed by atoms with Gasteiger partial charge in [0.05, 0.1) is 5.56 Å². The summed E-state index contributed by atoms with van der Waals surface area (Å²) in [6, 6.07) is 7.35. The minimum absolute atomic E-state index is 0.126. The molecular weight excluding hydrogens is 240 g/mol. The predicted molar refractivity (Wildman–Crippen MR) is 70.6 cm³/mol. The normalized spacial score (nSPS) is 10.5. The lowest BCUT2D eigenvalue weighted by atomic mass is 10.2. The van der Waals surface area contributed by atoms with Crippen LogP contribution >= 0.6 is 0 Å². The van der Waals surface area contributed by atoms with Crippen molar-refractivity contribution in [1.29, 1.82) is 0 Å². The number of rotatable bonds is 3. The van der Waals surface area contributed by atoms with Crippen LogP contribution in [0.15, 0.2) is 55.2 Å². The van der Waals surface area contributed by atoms with Gasteiger partial charge in [-0.15, -0.1) is 0 Å². The van der Waals surface area contributed by atoms with Gasteiger partial charge in [0.25, 0.3) is 5.91 Å². The SMILES string of the molecule is O=C(NCc1ccc2nccn2c1)c1cccnc1. The van der Waals surface area contributed by atoms with E-state index in [0.717, 1.165) is 11.2 Å². The lowest BCUT2D eigenvalue weighted by molar-refractivity contribution is 0.0950. The average molecular weight is 252 g/mol. The summed E-state index contributed by atoms with van der Waals surface area (Å²) in [5.74, 6) is -0.126. The number of hydrogen-bond acceptors (Lipinski definition) is 3. The molecule has 0 saturated heterocycles. The molecule has 3 aromatic heterocycles. The van der Waals surface area contributed by atoms with Crippen LogP contribution in [0, 0.1) is 0 Å². The molecule has 0 bridgehead atoms. The van der Waals surface area contributed by atoms with E-state index >= 15 is 0 Å². The van der Waals surface area contributed by atoms with Crippen LogP contribution in [0.2, 0.25) is 0 Å². The molecule has 0 aliphatic heterocycles. The van der Waals surface area contributed by atoms with Crippen LogP contribution in [0.3, 0.4) is 0 Å². The van der Waals surface area contributed by atoms with Gasteiger partial charge in [-0.25, -0.2) is 4.98 Å². The molecule has 0 saturated carbocycles. The second-order valence-electron chi connectivity index (χ2n) is 4.15. The van der Waals surface area contributed by atoms with Crippen molar-refractivity contribution in [3.05, 3.63) is 66.4 Å². The van der Waals surface area contributed by atoms with Crippen molar-refractivity contribution >= 4 is 11.6 Å². The standard InChI is InChI=1S/C14H12N4O/c19-14(12-2-1-5-15-9-12)17-8-11-3-4-13-16-6-7-18(13)10-11/h1-7,9-10H,8H2,(H,17,19). The first kappa shape index (κ1) is 11.4. The summed E-state index contributed by atoms with van der Waals surface area (Å²) in [7, 11) is 0. The number of nitrogens with one attached hydrogen (secondary N) is 1. The van der Waals surface area contributed by atoms with Crippen molar-refractivity contribution in [2.24, 2.45) is 0 Å². The molecule has 94 valence electrons. The van der Waals surface area contributed by atoms with Gasteiger partial charge in [0.1, 0.15) is 5.65 Å². The number of fused-ring (bicyclic) bond motifs is 1. The molecule has 1 N–H and O–H groups in total. The molecule has 3 heterocycles. The summed E-state index contributed by atoms with van der Waals surface area (Å²) in [4.78, 5) is 20.0. The molecule has 3 rings (SSSR count). The van der Waals surface area contributed by atoms with E-state index in [4.69, 9.17) is 0 Å². The number of aromatic nitrogens is 3. The Morgan fingerprint density at radius 1 is 1.26 bits per heavy atom. The van der Waals surface area contributed by atoms with E-state index < -0.39 is 0 Å². The lowest BCUT2D eigenvalue weighted by Crippen LogP contribution is -2.22. The van der Waals surface area contributed by atoms with E-state index in [1.807, 2.05) is 28.9 Å². The van der Waals surface area contributed by atoms with Gasteiger partial charge in [-0.3, -0.25) is 9.78 Å². The van der Waals surface area contributed by atoms with Crippen LogP contribution in [0.4, 0.5) is 0 Å². The molecule has 0 aliphatic carbocycles. The smallest absolute Gasteiger partial charge is 0.253 e. The number of imidazole rings is 1. The van der Waals surface area contributed by atoms with Crippen LogP contribution < -0.4 is 5.32 Å². The fourth-order valence-electron chi connectivity index (χ4n) is 1.85. The van der Waals surface area contributed by atoms with Gasteiger partial charge >= 0.3 is 0 Å². The molecule has 0 fully saturated rings. The number of carbonyl (C=O) groups is 1. The second kappa shape index (κ2) is 4.89. The number of nitrogens with zero attached hydrogens (tertiary/aromatic N) is 3. The highest BCUT2D eigenvalue weighted by atomic mass is 16.1.